The molecule has 0 N–H and O–H groups in total. The highest BCUT2D eigenvalue weighted by Crippen LogP contribution is 2.36. The maximum absolute atomic E-state index is 12.7. The topological polar surface area (TPSA) is 26.3 Å². The molecule has 0 amide bonds. The summed E-state index contributed by atoms with van der Waals surface area (Å²) in [6.45, 7) is 8.20. The zero-order valence-corrected chi connectivity index (χ0v) is 17.8. The van der Waals surface area contributed by atoms with Crippen LogP contribution in [-0.4, -0.2) is 5.97 Å². The molecule has 140 valence electrons. The van der Waals surface area contributed by atoms with Crippen molar-refractivity contribution in [3.63, 3.8) is 0 Å². The van der Waals surface area contributed by atoms with Crippen LogP contribution in [-0.2, 0) is 10.3 Å². The van der Waals surface area contributed by atoms with Gasteiger partial charge in [0, 0.05) is 10.0 Å². The molecule has 0 saturated heterocycles. The van der Waals surface area contributed by atoms with Crippen LogP contribution in [0.2, 0.25) is 0 Å². The van der Waals surface area contributed by atoms with Crippen LogP contribution >= 0.6 is 15.9 Å². The average molecular weight is 425 g/mol. The Hall–Kier alpha value is -2.13. The summed E-state index contributed by atoms with van der Waals surface area (Å²) in [5.41, 5.74) is 2.01. The van der Waals surface area contributed by atoms with E-state index in [1.54, 1.807) is 0 Å². The Kier molecular flexibility index (Phi) is 5.71. The summed E-state index contributed by atoms with van der Waals surface area (Å²) >= 11 is 3.71. The summed E-state index contributed by atoms with van der Waals surface area (Å²) < 4.78 is 6.86. The fraction of sp³-hybridized carbons (Fsp3) is 0.292. The molecule has 0 aliphatic carbocycles. The highest BCUT2D eigenvalue weighted by molar-refractivity contribution is 9.10. The third-order valence-corrected chi connectivity index (χ3v) is 6.04. The number of ether oxygens (including phenoxy) is 1. The molecule has 0 aliphatic heterocycles. The first-order valence-electron chi connectivity index (χ1n) is 9.34. The molecule has 27 heavy (non-hydrogen) atoms. The maximum atomic E-state index is 12.7. The van der Waals surface area contributed by atoms with Crippen molar-refractivity contribution in [2.45, 2.75) is 45.6 Å². The van der Waals surface area contributed by atoms with Crippen molar-refractivity contribution in [3.8, 4) is 0 Å². The first kappa shape index (κ1) is 19.6. The molecular formula is C24H25BrO2. The minimum Gasteiger partial charge on any atom is -0.451 e. The molecule has 0 heterocycles. The molecule has 3 aromatic carbocycles. The third-order valence-electron chi connectivity index (χ3n) is 5.19. The van der Waals surface area contributed by atoms with Gasteiger partial charge in [-0.05, 0) is 70.6 Å². The molecule has 0 saturated carbocycles. The highest BCUT2D eigenvalue weighted by Gasteiger charge is 2.29. The first-order valence-corrected chi connectivity index (χ1v) is 10.1. The lowest BCUT2D eigenvalue weighted by atomic mass is 9.94. The van der Waals surface area contributed by atoms with Crippen LogP contribution in [0, 0.1) is 0 Å². The van der Waals surface area contributed by atoms with Crippen molar-refractivity contribution < 1.29 is 9.53 Å². The van der Waals surface area contributed by atoms with Gasteiger partial charge in [0.1, 0.15) is 5.60 Å². The van der Waals surface area contributed by atoms with E-state index in [0.717, 1.165) is 27.2 Å². The Morgan fingerprint density at radius 2 is 1.70 bits per heavy atom. The van der Waals surface area contributed by atoms with Crippen LogP contribution in [0.15, 0.2) is 65.1 Å². The number of rotatable bonds is 5. The van der Waals surface area contributed by atoms with Crippen molar-refractivity contribution in [3.05, 3.63) is 81.8 Å². The normalized spacial score (nSPS) is 12.8. The fourth-order valence-electron chi connectivity index (χ4n) is 3.23. The van der Waals surface area contributed by atoms with Crippen LogP contribution in [0.4, 0.5) is 0 Å². The van der Waals surface area contributed by atoms with Crippen molar-refractivity contribution in [2.24, 2.45) is 0 Å². The number of esters is 1. The number of hydrogen-bond acceptors (Lipinski definition) is 2. The summed E-state index contributed by atoms with van der Waals surface area (Å²) in [7, 11) is 0. The van der Waals surface area contributed by atoms with Gasteiger partial charge < -0.3 is 4.74 Å². The van der Waals surface area contributed by atoms with Crippen LogP contribution in [0.3, 0.4) is 0 Å². The van der Waals surface area contributed by atoms with E-state index < -0.39 is 5.60 Å². The molecule has 0 bridgehead atoms. The fourth-order valence-corrected chi connectivity index (χ4v) is 4.20. The largest absolute Gasteiger partial charge is 0.451 e. The molecule has 0 spiro atoms. The zero-order chi connectivity index (χ0) is 19.6. The van der Waals surface area contributed by atoms with Crippen LogP contribution < -0.4 is 0 Å². The number of halogens is 1. The van der Waals surface area contributed by atoms with E-state index in [0.29, 0.717) is 11.5 Å². The minimum atomic E-state index is -0.755. The van der Waals surface area contributed by atoms with Gasteiger partial charge in [0.05, 0.1) is 5.56 Å². The van der Waals surface area contributed by atoms with Gasteiger partial charge in [0.2, 0.25) is 0 Å². The second-order valence-electron chi connectivity index (χ2n) is 7.48. The standard InChI is InChI=1S/C24H25BrO2/c1-5-16(2)17-10-12-19(13-11-17)23(26)27-24(3,4)21-15-14-18-8-6-7-9-20(18)22(21)25/h6-16H,5H2,1-4H3. The SMILES string of the molecule is CCC(C)c1ccc(C(=O)OC(C)(C)c2ccc3ccccc3c2Br)cc1. The molecule has 0 aliphatic rings. The van der Waals surface area contributed by atoms with Crippen LogP contribution in [0.5, 0.6) is 0 Å². The van der Waals surface area contributed by atoms with Gasteiger partial charge in [0.25, 0.3) is 0 Å². The smallest absolute Gasteiger partial charge is 0.338 e. The Morgan fingerprint density at radius 1 is 1.04 bits per heavy atom. The molecule has 0 radical (unpaired) electrons. The number of hydrogen-bond donors (Lipinski definition) is 0. The number of benzene rings is 3. The summed E-state index contributed by atoms with van der Waals surface area (Å²) in [6, 6.07) is 20.0. The molecule has 2 nitrogen and oxygen atoms in total. The second kappa shape index (κ2) is 7.85. The molecule has 0 aromatic heterocycles. The molecule has 3 heteroatoms. The predicted molar refractivity (Wildman–Crippen MR) is 115 cm³/mol. The lowest BCUT2D eigenvalue weighted by Gasteiger charge is -2.27. The Labute approximate surface area is 169 Å². The second-order valence-corrected chi connectivity index (χ2v) is 8.27. The summed E-state index contributed by atoms with van der Waals surface area (Å²) in [4.78, 5) is 12.7. The Bertz CT molecular complexity index is 958. The van der Waals surface area contributed by atoms with Gasteiger partial charge in [-0.25, -0.2) is 4.79 Å². The van der Waals surface area contributed by atoms with Crippen LogP contribution in [0.1, 0.15) is 61.5 Å². The molecule has 3 rings (SSSR count). The van der Waals surface area contributed by atoms with E-state index in [1.807, 2.05) is 56.3 Å². The summed E-state index contributed by atoms with van der Waals surface area (Å²) in [5.74, 6) is 0.177. The predicted octanol–water partition coefficient (Wildman–Crippen LogP) is 7.21. The first-order chi connectivity index (χ1) is 12.8. The van der Waals surface area contributed by atoms with Crippen LogP contribution in [0.25, 0.3) is 10.8 Å². The van der Waals surface area contributed by atoms with Gasteiger partial charge in [-0.3, -0.25) is 0 Å². The van der Waals surface area contributed by atoms with Crippen molar-refractivity contribution in [1.82, 2.24) is 0 Å². The van der Waals surface area contributed by atoms with Gasteiger partial charge in [-0.2, -0.15) is 0 Å². The molecule has 1 unspecified atom stereocenters. The third kappa shape index (κ3) is 4.08. The lowest BCUT2D eigenvalue weighted by Crippen LogP contribution is -2.26. The van der Waals surface area contributed by atoms with Gasteiger partial charge in [0.15, 0.2) is 0 Å². The Balaban J connectivity index is 1.85. The monoisotopic (exact) mass is 424 g/mol. The summed E-state index contributed by atoms with van der Waals surface area (Å²) in [6.07, 6.45) is 1.08. The molecule has 0 fully saturated rings. The van der Waals surface area contributed by atoms with E-state index in [2.05, 4.69) is 48.0 Å². The van der Waals surface area contributed by atoms with E-state index in [4.69, 9.17) is 4.74 Å². The Morgan fingerprint density at radius 3 is 2.37 bits per heavy atom. The van der Waals surface area contributed by atoms with E-state index in [-0.39, 0.29) is 5.97 Å². The van der Waals surface area contributed by atoms with Crippen molar-refractivity contribution in [1.29, 1.82) is 0 Å². The number of carbonyl (C=O) groups is 1. The molecule has 3 aromatic rings. The molecular weight excluding hydrogens is 400 g/mol. The zero-order valence-electron chi connectivity index (χ0n) is 16.3. The average Bonchev–Trinajstić information content (AvgIpc) is 2.67. The molecule has 1 atom stereocenters. The maximum Gasteiger partial charge on any atom is 0.338 e. The highest BCUT2D eigenvalue weighted by atomic mass is 79.9. The van der Waals surface area contributed by atoms with Gasteiger partial charge >= 0.3 is 5.97 Å². The van der Waals surface area contributed by atoms with Crippen molar-refractivity contribution in [2.75, 3.05) is 0 Å². The number of carbonyl (C=O) groups excluding carboxylic acids is 1. The van der Waals surface area contributed by atoms with Gasteiger partial charge in [-0.1, -0.05) is 62.4 Å². The minimum absolute atomic E-state index is 0.309. The summed E-state index contributed by atoms with van der Waals surface area (Å²) in [5, 5.41) is 2.26. The van der Waals surface area contributed by atoms with E-state index in [1.165, 1.54) is 5.56 Å². The quantitative estimate of drug-likeness (QED) is 0.404. The lowest BCUT2D eigenvalue weighted by molar-refractivity contribution is -0.00336. The van der Waals surface area contributed by atoms with E-state index >= 15 is 0 Å². The van der Waals surface area contributed by atoms with Crippen molar-refractivity contribution >= 4 is 32.7 Å². The number of fused-ring (bicyclic) bond motifs is 1. The van der Waals surface area contributed by atoms with E-state index in [9.17, 15) is 4.79 Å². The van der Waals surface area contributed by atoms with Gasteiger partial charge in [-0.15, -0.1) is 0 Å².